The quantitative estimate of drug-likeness (QED) is 0.0591. The number of hydrogen-bond donors (Lipinski definition) is 2. The molecule has 0 amide bonds. The van der Waals surface area contributed by atoms with Crippen molar-refractivity contribution in [2.24, 2.45) is 11.5 Å². The normalized spacial score (nSPS) is 11.7. The van der Waals surface area contributed by atoms with Crippen molar-refractivity contribution in [1.82, 2.24) is 0 Å². The molecule has 0 aliphatic carbocycles. The van der Waals surface area contributed by atoms with E-state index in [-0.39, 0.29) is 9.79 Å². The summed E-state index contributed by atoms with van der Waals surface area (Å²) in [7, 11) is -8.54. The molecular formula is C40H50N4O6S2. The molecule has 0 unspecified atom stereocenters. The van der Waals surface area contributed by atoms with Gasteiger partial charge in [-0.05, 0) is 101 Å². The Bertz CT molecular complexity index is 2020. The lowest BCUT2D eigenvalue weighted by atomic mass is 9.97. The lowest BCUT2D eigenvalue weighted by Crippen LogP contribution is -2.33. The molecular weight excluding hydrogens is 697 g/mol. The van der Waals surface area contributed by atoms with Crippen molar-refractivity contribution in [3.8, 4) is 0 Å². The minimum atomic E-state index is -4.27. The maximum Gasteiger partial charge on any atom is 0.176 e. The molecule has 4 aromatic carbocycles. The van der Waals surface area contributed by atoms with Crippen LogP contribution >= 0.6 is 0 Å². The van der Waals surface area contributed by atoms with Gasteiger partial charge in [-0.15, -0.1) is 0 Å². The van der Waals surface area contributed by atoms with Gasteiger partial charge in [-0.2, -0.15) is 0 Å². The molecule has 6 aromatic rings. The summed E-state index contributed by atoms with van der Waals surface area (Å²) in [4.78, 5) is -0.355. The molecule has 278 valence electrons. The number of hydrogen-bond acceptors (Lipinski definition) is 8. The first kappa shape index (κ1) is 40.7. The third-order valence-electron chi connectivity index (χ3n) is 8.87. The summed E-state index contributed by atoms with van der Waals surface area (Å²) in [6.07, 6.45) is 19.0. The lowest BCUT2D eigenvalue weighted by molar-refractivity contribution is -0.695. The summed E-state index contributed by atoms with van der Waals surface area (Å²) in [6, 6.07) is 20.7. The van der Waals surface area contributed by atoms with Crippen LogP contribution in [-0.2, 0) is 33.3 Å². The van der Waals surface area contributed by atoms with Gasteiger partial charge in [0.25, 0.3) is 0 Å². The molecule has 0 saturated heterocycles. The van der Waals surface area contributed by atoms with Crippen LogP contribution in [0, 0.1) is 13.8 Å². The molecule has 52 heavy (non-hydrogen) atoms. The number of benzene rings is 4. The molecule has 0 spiro atoms. The zero-order valence-corrected chi connectivity index (χ0v) is 31.7. The van der Waals surface area contributed by atoms with Crippen molar-refractivity contribution in [3.05, 3.63) is 109 Å². The van der Waals surface area contributed by atoms with Gasteiger partial charge in [0.1, 0.15) is 33.3 Å². The van der Waals surface area contributed by atoms with Gasteiger partial charge in [-0.25, -0.2) is 26.0 Å². The van der Waals surface area contributed by atoms with Gasteiger partial charge in [0.2, 0.25) is 0 Å². The predicted molar refractivity (Wildman–Crippen MR) is 204 cm³/mol. The molecule has 0 aliphatic rings. The van der Waals surface area contributed by atoms with Crippen LogP contribution in [0.2, 0.25) is 0 Å². The van der Waals surface area contributed by atoms with Gasteiger partial charge >= 0.3 is 0 Å². The average Bonchev–Trinajstić information content (AvgIpc) is 3.10. The van der Waals surface area contributed by atoms with Crippen LogP contribution in [0.5, 0.6) is 0 Å². The van der Waals surface area contributed by atoms with E-state index in [1.54, 1.807) is 24.3 Å². The number of aromatic nitrogens is 2. The lowest BCUT2D eigenvalue weighted by Gasteiger charge is -2.09. The Kier molecular flexibility index (Phi) is 15.0. The third-order valence-corrected chi connectivity index (χ3v) is 10.6. The predicted octanol–water partition coefficient (Wildman–Crippen LogP) is 6.00. The molecule has 0 bridgehead atoms. The summed E-state index contributed by atoms with van der Waals surface area (Å²) in [5.41, 5.74) is 13.1. The highest BCUT2D eigenvalue weighted by Crippen LogP contribution is 2.32. The van der Waals surface area contributed by atoms with Gasteiger partial charge < -0.3 is 20.6 Å². The van der Waals surface area contributed by atoms with Gasteiger partial charge in [0.05, 0.1) is 9.79 Å². The van der Waals surface area contributed by atoms with Crippen molar-refractivity contribution in [1.29, 1.82) is 0 Å². The fourth-order valence-corrected chi connectivity index (χ4v) is 7.01. The van der Waals surface area contributed by atoms with E-state index in [4.69, 9.17) is 11.5 Å². The van der Waals surface area contributed by atoms with Crippen LogP contribution < -0.4 is 20.6 Å². The Labute approximate surface area is 307 Å². The molecule has 6 rings (SSSR count). The summed E-state index contributed by atoms with van der Waals surface area (Å²) in [5.74, 6) is 0. The minimum absolute atomic E-state index is 0.178. The average molecular weight is 747 g/mol. The highest BCUT2D eigenvalue weighted by Gasteiger charge is 2.16. The zero-order chi connectivity index (χ0) is 37.7. The second-order valence-corrected chi connectivity index (χ2v) is 15.9. The summed E-state index contributed by atoms with van der Waals surface area (Å²) < 4.78 is 67.1. The van der Waals surface area contributed by atoms with Gasteiger partial charge in [-0.1, -0.05) is 48.2 Å². The second-order valence-electron chi connectivity index (χ2n) is 13.2. The highest BCUT2D eigenvalue weighted by molar-refractivity contribution is 7.86. The van der Waals surface area contributed by atoms with E-state index < -0.39 is 20.2 Å². The highest BCUT2D eigenvalue weighted by atomic mass is 32.2. The zero-order valence-electron chi connectivity index (χ0n) is 30.0. The van der Waals surface area contributed by atoms with Crippen molar-refractivity contribution < 1.29 is 35.1 Å². The van der Waals surface area contributed by atoms with Crippen LogP contribution in [0.4, 0.5) is 0 Å². The molecule has 0 saturated carbocycles. The molecule has 10 nitrogen and oxygen atoms in total. The number of aryl methyl sites for hydroxylation is 4. The molecule has 0 radical (unpaired) electrons. The topological polar surface area (TPSA) is 174 Å². The van der Waals surface area contributed by atoms with Crippen molar-refractivity contribution in [3.63, 3.8) is 0 Å². The van der Waals surface area contributed by atoms with Crippen LogP contribution in [0.3, 0.4) is 0 Å². The first-order valence-electron chi connectivity index (χ1n) is 17.8. The molecule has 2 heterocycles. The molecule has 2 aromatic heterocycles. The monoisotopic (exact) mass is 746 g/mol. The van der Waals surface area contributed by atoms with E-state index in [2.05, 4.69) is 58.2 Å². The fraction of sp³-hybridized carbons (Fsp3) is 0.350. The standard InChI is InChI=1S/C26H36N4.2C7H8O3S/c27-13-5-1-3-7-15-29-17-21-9-11-23-19-30(16-8-4-2-6-14-28)20-24-12-10-22(18-29)25(21)26(23)24;2*1-6-2-4-7(5-3-6)11(8,9)10/h9-12,17-20H,1-8,13-16,27-28H2;2*2-5H,1H3,(H,8,9,10)/q+2;;/p-2. The van der Waals surface area contributed by atoms with Gasteiger partial charge in [-0.3, -0.25) is 0 Å². The Morgan fingerprint density at radius 1 is 0.462 bits per heavy atom. The van der Waals surface area contributed by atoms with E-state index in [0.29, 0.717) is 0 Å². The number of nitrogens with zero attached hydrogens (tertiary/aromatic N) is 2. The maximum absolute atomic E-state index is 10.4. The first-order chi connectivity index (χ1) is 24.8. The SMILES string of the molecule is Cc1ccc(S(=O)(=O)[O-])cc1.Cc1ccc(S(=O)(=O)[O-])cc1.NCCCCCC[n+]1cc2ccc3c[n+](CCCCCCN)cc4ccc(c1)c2c34. The van der Waals surface area contributed by atoms with Crippen LogP contribution in [0.15, 0.2) is 107 Å². The maximum atomic E-state index is 10.4. The van der Waals surface area contributed by atoms with Gasteiger partial charge in [0.15, 0.2) is 24.8 Å². The Hall–Kier alpha value is -4.04. The summed E-state index contributed by atoms with van der Waals surface area (Å²) in [6.45, 7) is 7.41. The molecule has 4 N–H and O–H groups in total. The number of pyridine rings is 2. The van der Waals surface area contributed by atoms with E-state index in [0.717, 1.165) is 50.1 Å². The van der Waals surface area contributed by atoms with Crippen molar-refractivity contribution in [2.75, 3.05) is 13.1 Å². The largest absolute Gasteiger partial charge is 0.744 e. The Morgan fingerprint density at radius 2 is 0.750 bits per heavy atom. The molecule has 0 aliphatic heterocycles. The van der Waals surface area contributed by atoms with Crippen molar-refractivity contribution >= 4 is 52.6 Å². The third kappa shape index (κ3) is 12.0. The second kappa shape index (κ2) is 19.2. The van der Waals surface area contributed by atoms with E-state index in [1.807, 2.05) is 13.8 Å². The minimum Gasteiger partial charge on any atom is -0.744 e. The smallest absolute Gasteiger partial charge is 0.176 e. The van der Waals surface area contributed by atoms with Crippen LogP contribution in [0.25, 0.3) is 32.3 Å². The number of unbranched alkanes of at least 4 members (excludes halogenated alkanes) is 6. The fourth-order valence-electron chi connectivity index (χ4n) is 6.08. The molecule has 12 heteroatoms. The summed E-state index contributed by atoms with van der Waals surface area (Å²) in [5, 5.41) is 8.16. The Morgan fingerprint density at radius 3 is 1.02 bits per heavy atom. The summed E-state index contributed by atoms with van der Waals surface area (Å²) >= 11 is 0. The van der Waals surface area contributed by atoms with Crippen LogP contribution in [-0.4, -0.2) is 39.0 Å². The molecule has 0 atom stereocenters. The Balaban J connectivity index is 0.000000224. The van der Waals surface area contributed by atoms with Crippen LogP contribution in [0.1, 0.15) is 62.5 Å². The van der Waals surface area contributed by atoms with Crippen molar-refractivity contribution in [2.45, 2.75) is 88.1 Å². The van der Waals surface area contributed by atoms with E-state index in [1.165, 1.54) is 95.1 Å². The molecule has 0 fully saturated rings. The van der Waals surface area contributed by atoms with E-state index >= 15 is 0 Å². The van der Waals surface area contributed by atoms with E-state index in [9.17, 15) is 25.9 Å². The van der Waals surface area contributed by atoms with Gasteiger partial charge in [0, 0.05) is 45.2 Å². The first-order valence-corrected chi connectivity index (χ1v) is 20.6. The number of nitrogens with two attached hydrogens (primary N) is 2. The number of rotatable bonds is 14.